The summed E-state index contributed by atoms with van der Waals surface area (Å²) >= 11 is 0. The Labute approximate surface area is 411 Å². The molecule has 0 saturated heterocycles. The molecule has 0 bridgehead atoms. The molecule has 10 rings (SSSR count). The molecule has 0 fully saturated rings. The smallest absolute Gasteiger partial charge is 0.355 e. The van der Waals surface area contributed by atoms with Gasteiger partial charge in [0.05, 0.1) is 65.7 Å². The van der Waals surface area contributed by atoms with E-state index in [4.69, 9.17) is 38.4 Å². The van der Waals surface area contributed by atoms with Crippen LogP contribution in [0.5, 0.6) is 0 Å². The zero-order valence-corrected chi connectivity index (χ0v) is 40.0. The highest BCUT2D eigenvalue weighted by Gasteiger charge is 2.53. The molecule has 19 nitrogen and oxygen atoms in total. The van der Waals surface area contributed by atoms with Crippen molar-refractivity contribution in [2.24, 2.45) is 0 Å². The van der Waals surface area contributed by atoms with Crippen molar-refractivity contribution in [3.63, 3.8) is 0 Å². The van der Waals surface area contributed by atoms with Crippen LogP contribution in [0.15, 0.2) is 101 Å². The molecule has 2 N–H and O–H groups in total. The van der Waals surface area contributed by atoms with Gasteiger partial charge < -0.3 is 48.5 Å². The number of amides is 2. The second kappa shape index (κ2) is 18.6. The van der Waals surface area contributed by atoms with Crippen molar-refractivity contribution in [1.29, 1.82) is 0 Å². The third-order valence-corrected chi connectivity index (χ3v) is 13.8. The maximum absolute atomic E-state index is 13.9. The maximum Gasteiger partial charge on any atom is 0.355 e. The molecule has 4 atom stereocenters. The number of benzene rings is 2. The maximum atomic E-state index is 13.9. The first-order valence-corrected chi connectivity index (χ1v) is 23.7. The van der Waals surface area contributed by atoms with Crippen LogP contribution in [0, 0.1) is 0 Å². The molecule has 5 aromatic rings. The summed E-state index contributed by atoms with van der Waals surface area (Å²) in [6.45, 7) is 9.67. The van der Waals surface area contributed by atoms with E-state index >= 15 is 0 Å². The number of ether oxygens (including phenoxy) is 6. The topological polar surface area (TPSA) is 233 Å². The van der Waals surface area contributed by atoms with Crippen molar-refractivity contribution < 1.29 is 57.2 Å². The Balaban J connectivity index is 0.700. The first kappa shape index (κ1) is 47.6. The van der Waals surface area contributed by atoms with Crippen LogP contribution in [0.4, 0.5) is 0 Å². The molecule has 5 aliphatic rings. The van der Waals surface area contributed by atoms with Gasteiger partial charge in [-0.3, -0.25) is 14.4 Å². The van der Waals surface area contributed by atoms with E-state index in [0.29, 0.717) is 34.8 Å². The van der Waals surface area contributed by atoms with Crippen LogP contribution in [0.1, 0.15) is 68.5 Å². The summed E-state index contributed by atoms with van der Waals surface area (Å²) in [6.07, 6.45) is 1.79. The number of nitrogens with zero attached hydrogens (tertiary/aromatic N) is 4. The highest BCUT2D eigenvalue weighted by Crippen LogP contribution is 2.48. The molecule has 0 radical (unpaired) electrons. The predicted molar refractivity (Wildman–Crippen MR) is 257 cm³/mol. The van der Waals surface area contributed by atoms with Gasteiger partial charge in [-0.15, -0.1) is 0 Å². The Hall–Kier alpha value is -8.03. The normalized spacial score (nSPS) is 20.2. The summed E-state index contributed by atoms with van der Waals surface area (Å²) in [5, 5.41) is 6.93. The summed E-state index contributed by atoms with van der Waals surface area (Å²) in [6, 6.07) is 18.6. The summed E-state index contributed by atoms with van der Waals surface area (Å²) in [5.41, 5.74) is 3.77. The van der Waals surface area contributed by atoms with Gasteiger partial charge in [-0.25, -0.2) is 29.1 Å². The Bertz CT molecular complexity index is 3320. The van der Waals surface area contributed by atoms with Crippen LogP contribution < -0.4 is 16.2 Å². The highest BCUT2D eigenvalue weighted by atomic mass is 16.6. The molecule has 5 aliphatic heterocycles. The number of hydrogen-bond donors (Lipinski definition) is 2. The molecule has 2 aromatic carbocycles. The minimum absolute atomic E-state index is 0.0405. The Morgan fingerprint density at radius 2 is 1.28 bits per heavy atom. The fourth-order valence-electron chi connectivity index (χ4n) is 9.94. The molecule has 0 aliphatic carbocycles. The standard InChI is InChI=1S/C53H50N6O13/c1-6-52(37-20-41-45-33(18-31-12-8-10-14-39(31)56-45)22-58(41)30(5)35(37)24-69-50(52)65)71-48(63)28(3)54-43(60)26-67-16-17-68-27-44(61)55-29(4)49(64)72-53(7-2)38-21-42-46-34(19-32-13-9-11-15-40(32)57-46)23-59(42)47(62)36(38)25-70-51(53)66/h8-15,18-21,28-29H,5-7,16-17,22-27H2,1-4H3,(H,54,60)(H,55,61)/t28-,29-,52-,53-/m0/s1. The van der Waals surface area contributed by atoms with Gasteiger partial charge in [0, 0.05) is 44.3 Å². The van der Waals surface area contributed by atoms with E-state index in [1.165, 1.54) is 13.8 Å². The summed E-state index contributed by atoms with van der Waals surface area (Å²) in [7, 11) is 0. The third-order valence-electron chi connectivity index (χ3n) is 13.8. The van der Waals surface area contributed by atoms with E-state index in [9.17, 15) is 33.6 Å². The minimum atomic E-state index is -1.97. The Morgan fingerprint density at radius 1 is 0.736 bits per heavy atom. The molecule has 8 heterocycles. The number of cyclic esters (lactones) is 2. The van der Waals surface area contributed by atoms with Crippen LogP contribution in [-0.4, -0.2) is 106 Å². The van der Waals surface area contributed by atoms with Crippen LogP contribution in [0.25, 0.3) is 38.9 Å². The van der Waals surface area contributed by atoms with Crippen molar-refractivity contribution in [3.8, 4) is 11.4 Å². The molecule has 0 spiro atoms. The quantitative estimate of drug-likeness (QED) is 0.0836. The van der Waals surface area contributed by atoms with E-state index in [-0.39, 0.29) is 62.5 Å². The highest BCUT2D eigenvalue weighted by molar-refractivity contribution is 5.95. The lowest BCUT2D eigenvalue weighted by Gasteiger charge is -2.41. The van der Waals surface area contributed by atoms with Crippen molar-refractivity contribution >= 4 is 63.2 Å². The van der Waals surface area contributed by atoms with Gasteiger partial charge in [0.2, 0.25) is 23.0 Å². The molecular weight excluding hydrogens is 929 g/mol. The third kappa shape index (κ3) is 8.07. The number of carbonyl (C=O) groups excluding carboxylic acids is 6. The molecule has 370 valence electrons. The molecule has 3 aromatic heterocycles. The zero-order chi connectivity index (χ0) is 50.6. The monoisotopic (exact) mass is 978 g/mol. The van der Waals surface area contributed by atoms with Gasteiger partial charge in [0.25, 0.3) is 5.56 Å². The van der Waals surface area contributed by atoms with Crippen molar-refractivity contribution in [1.82, 2.24) is 30.1 Å². The largest absolute Gasteiger partial charge is 0.457 e. The van der Waals surface area contributed by atoms with Gasteiger partial charge in [-0.1, -0.05) is 56.8 Å². The van der Waals surface area contributed by atoms with Gasteiger partial charge in [-0.05, 0) is 63.1 Å². The van der Waals surface area contributed by atoms with Gasteiger partial charge in [-0.2, -0.15) is 0 Å². The average molecular weight is 979 g/mol. The number of para-hydroxylation sites is 2. The lowest BCUT2D eigenvalue weighted by atomic mass is 9.81. The Kier molecular flexibility index (Phi) is 12.3. The number of nitrogens with one attached hydrogen (secondary N) is 2. The van der Waals surface area contributed by atoms with Crippen molar-refractivity contribution in [2.45, 2.75) is 83.5 Å². The molecule has 0 saturated carbocycles. The van der Waals surface area contributed by atoms with Crippen molar-refractivity contribution in [3.05, 3.63) is 135 Å². The fourth-order valence-corrected chi connectivity index (χ4v) is 9.94. The van der Waals surface area contributed by atoms with E-state index < -0.39 is 72.2 Å². The van der Waals surface area contributed by atoms with Crippen LogP contribution >= 0.6 is 0 Å². The molecule has 19 heteroatoms. The fraction of sp³-hybridized carbons (Fsp3) is 0.340. The van der Waals surface area contributed by atoms with Gasteiger partial charge in [0.1, 0.15) is 38.5 Å². The summed E-state index contributed by atoms with van der Waals surface area (Å²) < 4.78 is 35.3. The first-order valence-electron chi connectivity index (χ1n) is 23.7. The molecule has 0 unspecified atom stereocenters. The SMILES string of the molecule is C=C1C2=C(C=C3c4nc5ccccc5cc4CN13)[C@](CC)(OC(=O)[C@H](C)NC(=O)COCCOCC(=O)N[C@@H](C)C(=O)O[C@]1(CC)C(=O)OCc3c1cc1n(c3=O)Cc3cc4ccccc4nc3-1)C(=O)OC2. The second-order valence-corrected chi connectivity index (χ2v) is 18.2. The molecular formula is C53H50N6O13. The second-order valence-electron chi connectivity index (χ2n) is 18.2. The number of rotatable bonds is 15. The lowest BCUT2D eigenvalue weighted by molar-refractivity contribution is -0.190. The summed E-state index contributed by atoms with van der Waals surface area (Å²) in [5.74, 6) is -4.77. The number of pyridine rings is 3. The van der Waals surface area contributed by atoms with Gasteiger partial charge >= 0.3 is 23.9 Å². The van der Waals surface area contributed by atoms with Crippen LogP contribution in [-0.2, 0) is 82.5 Å². The first-order chi connectivity index (χ1) is 34.7. The lowest BCUT2D eigenvalue weighted by Crippen LogP contribution is -2.53. The van der Waals surface area contributed by atoms with E-state index in [0.717, 1.165) is 44.3 Å². The van der Waals surface area contributed by atoms with Crippen LogP contribution in [0.2, 0.25) is 0 Å². The number of esters is 4. The van der Waals surface area contributed by atoms with E-state index in [1.54, 1.807) is 24.5 Å². The van der Waals surface area contributed by atoms with Crippen LogP contribution in [0.3, 0.4) is 0 Å². The zero-order valence-electron chi connectivity index (χ0n) is 40.0. The molecule has 72 heavy (non-hydrogen) atoms. The number of aromatic nitrogens is 3. The van der Waals surface area contributed by atoms with Gasteiger partial charge in [0.15, 0.2) is 0 Å². The molecule has 2 amide bonds. The summed E-state index contributed by atoms with van der Waals surface area (Å²) in [4.78, 5) is 106. The minimum Gasteiger partial charge on any atom is -0.457 e. The predicted octanol–water partition coefficient (Wildman–Crippen LogP) is 4.15. The number of carbonyl (C=O) groups is 6. The number of hydrogen-bond acceptors (Lipinski definition) is 16. The average Bonchev–Trinajstić information content (AvgIpc) is 3.92. The van der Waals surface area contributed by atoms with Crippen molar-refractivity contribution in [2.75, 3.05) is 33.0 Å². The number of fused-ring (bicyclic) bond motifs is 9. The Morgan fingerprint density at radius 3 is 1.89 bits per heavy atom. The van der Waals surface area contributed by atoms with E-state index in [2.05, 4.69) is 23.3 Å². The van der Waals surface area contributed by atoms with E-state index in [1.807, 2.05) is 65.6 Å².